The Kier molecular flexibility index (Phi) is 3.29. The third-order valence-corrected chi connectivity index (χ3v) is 2.53. The molecule has 0 aliphatic heterocycles. The van der Waals surface area contributed by atoms with Crippen molar-refractivity contribution in [3.8, 4) is 0 Å². The maximum Gasteiger partial charge on any atom is 0.370 e. The van der Waals surface area contributed by atoms with Gasteiger partial charge in [-0.15, -0.1) is 0 Å². The summed E-state index contributed by atoms with van der Waals surface area (Å²) in [4.78, 5) is 10.1. The molecule has 1 aliphatic rings. The second-order valence-corrected chi connectivity index (χ2v) is 3.78. The van der Waals surface area contributed by atoms with Crippen molar-refractivity contribution in [1.29, 1.82) is 0 Å². The third kappa shape index (κ3) is 2.33. The van der Waals surface area contributed by atoms with E-state index in [9.17, 15) is 15.2 Å². The van der Waals surface area contributed by atoms with Gasteiger partial charge >= 0.3 is 5.72 Å². The zero-order chi connectivity index (χ0) is 13.0. The van der Waals surface area contributed by atoms with Gasteiger partial charge in [0, 0.05) is 6.08 Å². The predicted molar refractivity (Wildman–Crippen MR) is 65.0 cm³/mol. The van der Waals surface area contributed by atoms with Crippen LogP contribution in [0.25, 0.3) is 0 Å². The molecule has 0 bridgehead atoms. The number of nitrogens with zero attached hydrogens (tertiary/aromatic N) is 3. The second kappa shape index (κ2) is 4.89. The fourth-order valence-electron chi connectivity index (χ4n) is 1.52. The lowest BCUT2D eigenvalue weighted by Crippen LogP contribution is -2.46. The molecule has 0 heterocycles. The molecular formula is C12H11N3O3. The molecule has 1 aromatic rings. The average Bonchev–Trinajstić information content (AvgIpc) is 2.39. The minimum atomic E-state index is -2.23. The van der Waals surface area contributed by atoms with Gasteiger partial charge in [0.25, 0.3) is 0 Å². The standard InChI is InChI=1S/C12H11N3O3/c16-12(15(17)18)9-5-4-8-11(12)14-13-10-6-2-1-3-7-10/h1-9,11,16H/b14-13+. The van der Waals surface area contributed by atoms with Crippen LogP contribution in [0, 0.1) is 10.1 Å². The molecule has 2 rings (SSSR count). The molecule has 0 radical (unpaired) electrons. The van der Waals surface area contributed by atoms with Crippen LogP contribution in [0.1, 0.15) is 0 Å². The first-order valence-electron chi connectivity index (χ1n) is 5.32. The van der Waals surface area contributed by atoms with Crippen LogP contribution in [-0.2, 0) is 0 Å². The van der Waals surface area contributed by atoms with E-state index in [1.807, 2.05) is 6.07 Å². The van der Waals surface area contributed by atoms with E-state index in [0.29, 0.717) is 5.69 Å². The normalized spacial score (nSPS) is 26.6. The summed E-state index contributed by atoms with van der Waals surface area (Å²) in [7, 11) is 0. The lowest BCUT2D eigenvalue weighted by molar-refractivity contribution is -0.609. The Morgan fingerprint density at radius 3 is 2.67 bits per heavy atom. The van der Waals surface area contributed by atoms with Crippen molar-refractivity contribution in [2.75, 3.05) is 0 Å². The molecular weight excluding hydrogens is 234 g/mol. The summed E-state index contributed by atoms with van der Waals surface area (Å²) in [6.45, 7) is 0. The van der Waals surface area contributed by atoms with E-state index >= 15 is 0 Å². The smallest absolute Gasteiger partial charge is 0.325 e. The van der Waals surface area contributed by atoms with Gasteiger partial charge in [0.2, 0.25) is 0 Å². The van der Waals surface area contributed by atoms with E-state index in [1.165, 1.54) is 12.2 Å². The van der Waals surface area contributed by atoms with Crippen molar-refractivity contribution < 1.29 is 10.0 Å². The topological polar surface area (TPSA) is 88.1 Å². The number of hydrogen-bond donors (Lipinski definition) is 1. The Morgan fingerprint density at radius 2 is 2.00 bits per heavy atom. The van der Waals surface area contributed by atoms with Gasteiger partial charge in [0.1, 0.15) is 0 Å². The molecule has 2 unspecified atom stereocenters. The van der Waals surface area contributed by atoms with Gasteiger partial charge in [-0.05, 0) is 18.2 Å². The lowest BCUT2D eigenvalue weighted by Gasteiger charge is -2.20. The zero-order valence-electron chi connectivity index (χ0n) is 9.38. The largest absolute Gasteiger partial charge is 0.370 e. The van der Waals surface area contributed by atoms with Crippen LogP contribution in [0.2, 0.25) is 0 Å². The highest BCUT2D eigenvalue weighted by Gasteiger charge is 2.47. The Hall–Kier alpha value is -2.34. The average molecular weight is 245 g/mol. The Morgan fingerprint density at radius 1 is 1.28 bits per heavy atom. The number of azo groups is 1. The van der Waals surface area contributed by atoms with E-state index in [4.69, 9.17) is 0 Å². The SMILES string of the molecule is O=[N+]([O-])C1(O)C=CC=CC1/N=N/c1ccccc1. The molecule has 92 valence electrons. The minimum absolute atomic E-state index is 0.575. The number of benzene rings is 1. The van der Waals surface area contributed by atoms with Crippen molar-refractivity contribution in [2.45, 2.75) is 11.8 Å². The van der Waals surface area contributed by atoms with E-state index in [1.54, 1.807) is 30.3 Å². The highest BCUT2D eigenvalue weighted by Crippen LogP contribution is 2.23. The number of aliphatic hydroxyl groups is 1. The molecule has 18 heavy (non-hydrogen) atoms. The molecule has 1 aliphatic carbocycles. The van der Waals surface area contributed by atoms with Gasteiger partial charge in [-0.3, -0.25) is 10.1 Å². The van der Waals surface area contributed by atoms with Gasteiger partial charge in [0.15, 0.2) is 6.04 Å². The quantitative estimate of drug-likeness (QED) is 0.383. The van der Waals surface area contributed by atoms with Crippen molar-refractivity contribution >= 4 is 5.69 Å². The molecule has 0 aromatic heterocycles. The van der Waals surface area contributed by atoms with E-state index in [2.05, 4.69) is 10.2 Å². The molecule has 0 fully saturated rings. The molecule has 6 nitrogen and oxygen atoms in total. The Balaban J connectivity index is 2.23. The van der Waals surface area contributed by atoms with E-state index in [0.717, 1.165) is 6.08 Å². The summed E-state index contributed by atoms with van der Waals surface area (Å²) in [6.07, 6.45) is 5.54. The van der Waals surface area contributed by atoms with Crippen LogP contribution >= 0.6 is 0 Å². The molecule has 6 heteroatoms. The summed E-state index contributed by atoms with van der Waals surface area (Å²) in [6, 6.07) is 7.80. The van der Waals surface area contributed by atoms with Crippen molar-refractivity contribution in [3.05, 3.63) is 64.8 Å². The molecule has 1 aromatic carbocycles. The molecule has 0 amide bonds. The minimum Gasteiger partial charge on any atom is -0.325 e. The molecule has 0 spiro atoms. The lowest BCUT2D eigenvalue weighted by atomic mass is 10.0. The number of nitro groups is 1. The van der Waals surface area contributed by atoms with Gasteiger partial charge < -0.3 is 5.11 Å². The maximum absolute atomic E-state index is 10.9. The predicted octanol–water partition coefficient (Wildman–Crippen LogP) is 2.23. The highest BCUT2D eigenvalue weighted by atomic mass is 16.7. The fraction of sp³-hybridized carbons (Fsp3) is 0.167. The summed E-state index contributed by atoms with van der Waals surface area (Å²) in [5.74, 6) is 0. The first-order valence-corrected chi connectivity index (χ1v) is 5.32. The summed E-state index contributed by atoms with van der Waals surface area (Å²) < 4.78 is 0. The highest BCUT2D eigenvalue weighted by molar-refractivity contribution is 5.35. The fourth-order valence-corrected chi connectivity index (χ4v) is 1.52. The molecule has 1 N–H and O–H groups in total. The van der Waals surface area contributed by atoms with Crippen LogP contribution in [0.15, 0.2) is 64.9 Å². The van der Waals surface area contributed by atoms with E-state index in [-0.39, 0.29) is 0 Å². The van der Waals surface area contributed by atoms with Crippen molar-refractivity contribution in [3.63, 3.8) is 0 Å². The van der Waals surface area contributed by atoms with Crippen LogP contribution in [0.3, 0.4) is 0 Å². The van der Waals surface area contributed by atoms with E-state index < -0.39 is 16.7 Å². The summed E-state index contributed by atoms with van der Waals surface area (Å²) in [5, 5.41) is 28.5. The monoisotopic (exact) mass is 245 g/mol. The number of allylic oxidation sites excluding steroid dienone is 2. The third-order valence-electron chi connectivity index (χ3n) is 2.53. The molecule has 0 saturated carbocycles. The van der Waals surface area contributed by atoms with Crippen LogP contribution < -0.4 is 0 Å². The van der Waals surface area contributed by atoms with Crippen molar-refractivity contribution in [1.82, 2.24) is 0 Å². The van der Waals surface area contributed by atoms with Gasteiger partial charge in [-0.2, -0.15) is 10.2 Å². The first kappa shape index (κ1) is 12.1. The Bertz CT molecular complexity index is 525. The van der Waals surface area contributed by atoms with Crippen LogP contribution in [-0.4, -0.2) is 21.8 Å². The number of rotatable bonds is 3. The molecule has 0 saturated heterocycles. The van der Waals surface area contributed by atoms with Gasteiger partial charge in [-0.1, -0.05) is 30.4 Å². The maximum atomic E-state index is 10.9. The van der Waals surface area contributed by atoms with Crippen LogP contribution in [0.5, 0.6) is 0 Å². The summed E-state index contributed by atoms with van der Waals surface area (Å²) >= 11 is 0. The van der Waals surface area contributed by atoms with Crippen LogP contribution in [0.4, 0.5) is 5.69 Å². The first-order chi connectivity index (χ1) is 8.63. The second-order valence-electron chi connectivity index (χ2n) is 3.78. The number of hydrogen-bond acceptors (Lipinski definition) is 5. The summed E-state index contributed by atoms with van der Waals surface area (Å²) in [5.41, 5.74) is -1.65. The van der Waals surface area contributed by atoms with Crippen molar-refractivity contribution in [2.24, 2.45) is 10.2 Å². The zero-order valence-corrected chi connectivity index (χ0v) is 9.38. The Labute approximate surface area is 103 Å². The molecule has 2 atom stereocenters. The van der Waals surface area contributed by atoms with Gasteiger partial charge in [0.05, 0.1) is 10.6 Å². The van der Waals surface area contributed by atoms with Gasteiger partial charge in [-0.25, -0.2) is 0 Å².